The van der Waals surface area contributed by atoms with E-state index in [1.807, 2.05) is 11.3 Å². The molecule has 0 fully saturated rings. The van der Waals surface area contributed by atoms with Gasteiger partial charge in [0, 0.05) is 27.9 Å². The van der Waals surface area contributed by atoms with Crippen LogP contribution in [0.15, 0.2) is 10.5 Å². The van der Waals surface area contributed by atoms with Crippen molar-refractivity contribution in [3.8, 4) is 0 Å². The van der Waals surface area contributed by atoms with E-state index in [0.717, 1.165) is 19.7 Å². The minimum absolute atomic E-state index is 0.811. The van der Waals surface area contributed by atoms with Crippen molar-refractivity contribution in [2.24, 2.45) is 0 Å². The summed E-state index contributed by atoms with van der Waals surface area (Å²) in [6, 6.07) is 2.22. The van der Waals surface area contributed by atoms with Crippen LogP contribution in [0.3, 0.4) is 0 Å². The van der Waals surface area contributed by atoms with E-state index >= 15 is 0 Å². The zero-order valence-corrected chi connectivity index (χ0v) is 13.8. The first kappa shape index (κ1) is 16.2. The predicted molar refractivity (Wildman–Crippen MR) is 83.7 cm³/mol. The highest BCUT2D eigenvalue weighted by molar-refractivity contribution is 9.10. The van der Waals surface area contributed by atoms with Gasteiger partial charge in [0.25, 0.3) is 0 Å². The van der Waals surface area contributed by atoms with E-state index in [1.54, 1.807) is 7.11 Å². The van der Waals surface area contributed by atoms with E-state index in [2.05, 4.69) is 34.2 Å². The van der Waals surface area contributed by atoms with Crippen molar-refractivity contribution in [2.75, 3.05) is 26.8 Å². The summed E-state index contributed by atoms with van der Waals surface area (Å²) in [6.45, 7) is 5.07. The van der Waals surface area contributed by atoms with Gasteiger partial charge in [-0.25, -0.2) is 0 Å². The molecule has 4 heteroatoms. The van der Waals surface area contributed by atoms with Gasteiger partial charge in [-0.05, 0) is 54.7 Å². The number of hydrogen-bond acceptors (Lipinski definition) is 3. The lowest BCUT2D eigenvalue weighted by atomic mass is 10.1. The summed E-state index contributed by atoms with van der Waals surface area (Å²) >= 11 is 5.54. The molecule has 0 aliphatic rings. The zero-order chi connectivity index (χ0) is 13.2. The third kappa shape index (κ3) is 6.88. The summed E-state index contributed by atoms with van der Waals surface area (Å²) < 4.78 is 6.28. The molecule has 18 heavy (non-hydrogen) atoms. The Morgan fingerprint density at radius 2 is 2.00 bits per heavy atom. The van der Waals surface area contributed by atoms with Crippen molar-refractivity contribution in [1.29, 1.82) is 0 Å². The number of nitrogens with one attached hydrogen (secondary N) is 1. The van der Waals surface area contributed by atoms with Gasteiger partial charge in [-0.3, -0.25) is 0 Å². The van der Waals surface area contributed by atoms with Gasteiger partial charge < -0.3 is 10.1 Å². The normalized spacial score (nSPS) is 11.1. The number of hydrogen-bond donors (Lipinski definition) is 1. The molecule has 1 aromatic rings. The molecule has 0 unspecified atom stereocenters. The molecule has 1 rings (SSSR count). The Bertz CT molecular complexity index is 328. The number of rotatable bonds is 10. The summed E-state index contributed by atoms with van der Waals surface area (Å²) in [5, 5.41) is 3.38. The fraction of sp³-hybridized carbons (Fsp3) is 0.714. The predicted octanol–water partition coefficient (Wildman–Crippen LogP) is 4.16. The number of methoxy groups -OCH3 is 1. The van der Waals surface area contributed by atoms with E-state index in [0.29, 0.717) is 0 Å². The van der Waals surface area contributed by atoms with Gasteiger partial charge >= 0.3 is 0 Å². The van der Waals surface area contributed by atoms with Crippen LogP contribution in [0.5, 0.6) is 0 Å². The van der Waals surface area contributed by atoms with Crippen LogP contribution in [-0.2, 0) is 11.2 Å². The van der Waals surface area contributed by atoms with E-state index in [1.165, 1.54) is 46.3 Å². The molecule has 0 atom stereocenters. The van der Waals surface area contributed by atoms with Crippen LogP contribution >= 0.6 is 27.3 Å². The van der Waals surface area contributed by atoms with Crippen molar-refractivity contribution < 1.29 is 4.74 Å². The summed E-state index contributed by atoms with van der Waals surface area (Å²) in [5.41, 5.74) is 0. The first-order valence-corrected chi connectivity index (χ1v) is 8.29. The molecule has 0 aliphatic heterocycles. The van der Waals surface area contributed by atoms with E-state index in [-0.39, 0.29) is 0 Å². The van der Waals surface area contributed by atoms with Crippen LogP contribution in [0.25, 0.3) is 0 Å². The highest BCUT2D eigenvalue weighted by atomic mass is 79.9. The number of thiophene rings is 1. The number of ether oxygens (including phenoxy) is 1. The standard InChI is InChI=1S/C14H24BrNOS/c1-12-11-13(15)14(18-12)7-5-3-4-6-8-16-9-10-17-2/h11,16H,3-10H2,1-2H3. The molecule has 0 aromatic carbocycles. The van der Waals surface area contributed by atoms with Crippen molar-refractivity contribution in [3.63, 3.8) is 0 Å². The van der Waals surface area contributed by atoms with Crippen LogP contribution in [0.4, 0.5) is 0 Å². The molecule has 1 heterocycles. The Morgan fingerprint density at radius 1 is 1.22 bits per heavy atom. The first-order chi connectivity index (χ1) is 8.74. The summed E-state index contributed by atoms with van der Waals surface area (Å²) in [6.07, 6.45) is 6.44. The third-order valence-electron chi connectivity index (χ3n) is 2.87. The van der Waals surface area contributed by atoms with Crippen molar-refractivity contribution in [1.82, 2.24) is 5.32 Å². The fourth-order valence-corrected chi connectivity index (χ4v) is 3.79. The van der Waals surface area contributed by atoms with Gasteiger partial charge in [0.1, 0.15) is 0 Å². The van der Waals surface area contributed by atoms with Gasteiger partial charge in [0.15, 0.2) is 0 Å². The van der Waals surface area contributed by atoms with Gasteiger partial charge in [-0.1, -0.05) is 12.8 Å². The Labute approximate surface area is 123 Å². The molecule has 0 bridgehead atoms. The molecule has 0 saturated heterocycles. The number of aryl methyl sites for hydroxylation is 2. The quantitative estimate of drug-likeness (QED) is 0.649. The highest BCUT2D eigenvalue weighted by Crippen LogP contribution is 2.28. The van der Waals surface area contributed by atoms with Crippen LogP contribution in [-0.4, -0.2) is 26.8 Å². The average Bonchev–Trinajstić information content (AvgIpc) is 2.66. The molecule has 0 aliphatic carbocycles. The molecule has 1 N–H and O–H groups in total. The molecular formula is C14H24BrNOS. The van der Waals surface area contributed by atoms with Gasteiger partial charge in [-0.2, -0.15) is 0 Å². The summed E-state index contributed by atoms with van der Waals surface area (Å²) in [4.78, 5) is 2.91. The topological polar surface area (TPSA) is 21.3 Å². The van der Waals surface area contributed by atoms with Gasteiger partial charge in [-0.15, -0.1) is 11.3 Å². The van der Waals surface area contributed by atoms with E-state index in [9.17, 15) is 0 Å². The number of halogens is 1. The smallest absolute Gasteiger partial charge is 0.0587 e. The minimum Gasteiger partial charge on any atom is -0.383 e. The summed E-state index contributed by atoms with van der Waals surface area (Å²) in [5.74, 6) is 0. The molecule has 1 aromatic heterocycles. The summed E-state index contributed by atoms with van der Waals surface area (Å²) in [7, 11) is 1.74. The van der Waals surface area contributed by atoms with Crippen molar-refractivity contribution in [2.45, 2.75) is 39.0 Å². The molecule has 0 amide bonds. The molecule has 0 radical (unpaired) electrons. The zero-order valence-electron chi connectivity index (χ0n) is 11.4. The molecular weight excluding hydrogens is 310 g/mol. The maximum Gasteiger partial charge on any atom is 0.0587 e. The Morgan fingerprint density at radius 3 is 2.67 bits per heavy atom. The third-order valence-corrected chi connectivity index (χ3v) is 4.95. The van der Waals surface area contributed by atoms with Crippen molar-refractivity contribution >= 4 is 27.3 Å². The highest BCUT2D eigenvalue weighted by Gasteiger charge is 2.03. The molecule has 104 valence electrons. The maximum absolute atomic E-state index is 4.98. The molecule has 0 spiro atoms. The lowest BCUT2D eigenvalue weighted by Gasteiger charge is -2.04. The second-order valence-corrected chi connectivity index (χ2v) is 6.73. The fourth-order valence-electron chi connectivity index (χ4n) is 1.89. The van der Waals surface area contributed by atoms with Gasteiger partial charge in [0.2, 0.25) is 0 Å². The average molecular weight is 334 g/mol. The lowest BCUT2D eigenvalue weighted by Crippen LogP contribution is -2.20. The largest absolute Gasteiger partial charge is 0.383 e. The first-order valence-electron chi connectivity index (χ1n) is 6.68. The van der Waals surface area contributed by atoms with Crippen LogP contribution in [0.2, 0.25) is 0 Å². The Kier molecular flexibility index (Phi) is 8.94. The Hall–Kier alpha value is 0.100. The number of unbranched alkanes of at least 4 members (excludes halogenated alkanes) is 3. The Balaban J connectivity index is 1.94. The monoisotopic (exact) mass is 333 g/mol. The second kappa shape index (κ2) is 9.96. The molecule has 2 nitrogen and oxygen atoms in total. The van der Waals surface area contributed by atoms with E-state index in [4.69, 9.17) is 4.74 Å². The maximum atomic E-state index is 4.98. The van der Waals surface area contributed by atoms with Crippen molar-refractivity contribution in [3.05, 3.63) is 20.3 Å². The SMILES string of the molecule is COCCNCCCCCCc1sc(C)cc1Br. The van der Waals surface area contributed by atoms with Crippen LogP contribution < -0.4 is 5.32 Å². The second-order valence-electron chi connectivity index (χ2n) is 4.54. The van der Waals surface area contributed by atoms with Gasteiger partial charge in [0.05, 0.1) is 6.61 Å². The lowest BCUT2D eigenvalue weighted by molar-refractivity contribution is 0.199. The van der Waals surface area contributed by atoms with E-state index < -0.39 is 0 Å². The van der Waals surface area contributed by atoms with Crippen LogP contribution in [0.1, 0.15) is 35.4 Å². The van der Waals surface area contributed by atoms with Crippen LogP contribution in [0, 0.1) is 6.92 Å². The molecule has 0 saturated carbocycles. The minimum atomic E-state index is 0.811.